The van der Waals surface area contributed by atoms with E-state index in [0.29, 0.717) is 26.1 Å². The number of ether oxygens (including phenoxy) is 1. The predicted molar refractivity (Wildman–Crippen MR) is 72.6 cm³/mol. The second kappa shape index (κ2) is 5.76. The van der Waals surface area contributed by atoms with Gasteiger partial charge in [0.15, 0.2) is 0 Å². The largest absolute Gasteiger partial charge is 0.477 e. The minimum Gasteiger partial charge on any atom is -0.477 e. The summed E-state index contributed by atoms with van der Waals surface area (Å²) >= 11 is 0. The van der Waals surface area contributed by atoms with E-state index in [-0.39, 0.29) is 17.1 Å². The van der Waals surface area contributed by atoms with E-state index in [1.165, 1.54) is 17.8 Å². The number of nitrogens with one attached hydrogen (secondary N) is 1. The average molecular weight is 318 g/mol. The molecular formula is C12H18N2O6S. The molecule has 2 heterocycles. The summed E-state index contributed by atoms with van der Waals surface area (Å²) in [6, 6.07) is 1.08. The third-order valence-electron chi connectivity index (χ3n) is 3.52. The van der Waals surface area contributed by atoms with Gasteiger partial charge in [-0.2, -0.15) is 0 Å². The number of rotatable bonds is 5. The second-order valence-corrected chi connectivity index (χ2v) is 6.91. The number of carboxylic acids is 1. The molecule has 0 aliphatic carbocycles. The number of hydrogen-bond donors (Lipinski definition) is 3. The molecule has 0 atom stereocenters. The molecule has 9 heteroatoms. The zero-order valence-corrected chi connectivity index (χ0v) is 12.4. The van der Waals surface area contributed by atoms with Gasteiger partial charge in [0.1, 0.15) is 10.6 Å². The normalized spacial score (nSPS) is 18.6. The number of sulfonamides is 1. The number of nitrogens with zero attached hydrogens (tertiary/aromatic N) is 1. The van der Waals surface area contributed by atoms with Crippen molar-refractivity contribution < 1.29 is 28.2 Å². The topological polar surface area (TPSA) is 118 Å². The Hall–Kier alpha value is -1.42. The fourth-order valence-electron chi connectivity index (χ4n) is 2.13. The van der Waals surface area contributed by atoms with E-state index in [2.05, 4.69) is 4.72 Å². The molecular weight excluding hydrogens is 300 g/mol. The number of aromatic carboxylic acids is 1. The molecule has 0 radical (unpaired) electrons. The standard InChI is InChI=1S/C12H18N2O6S/c1-14-7-9(6-10(14)11(15)16)21(18,19)13-8-12(17)2-4-20-5-3-12/h6-7,13,17H,2-5,8H2,1H3,(H,15,16). The first kappa shape index (κ1) is 16.0. The van der Waals surface area contributed by atoms with Crippen LogP contribution in [0, 0.1) is 0 Å². The lowest BCUT2D eigenvalue weighted by Gasteiger charge is -2.31. The van der Waals surface area contributed by atoms with E-state index in [0.717, 1.165) is 6.07 Å². The SMILES string of the molecule is Cn1cc(S(=O)(=O)NCC2(O)CCOCC2)cc1C(=O)O. The molecule has 1 aliphatic heterocycles. The highest BCUT2D eigenvalue weighted by molar-refractivity contribution is 7.89. The van der Waals surface area contributed by atoms with Gasteiger partial charge >= 0.3 is 5.97 Å². The fourth-order valence-corrected chi connectivity index (χ4v) is 3.32. The summed E-state index contributed by atoms with van der Waals surface area (Å²) < 4.78 is 33.0. The minimum absolute atomic E-state index is 0.125. The van der Waals surface area contributed by atoms with Gasteiger partial charge in [-0.15, -0.1) is 0 Å². The quantitative estimate of drug-likeness (QED) is 0.676. The Bertz CT molecular complexity index is 630. The number of carboxylic acid groups (broad SMARTS) is 1. The maximum Gasteiger partial charge on any atom is 0.352 e. The first-order valence-electron chi connectivity index (χ1n) is 6.43. The van der Waals surface area contributed by atoms with Crippen LogP contribution < -0.4 is 4.72 Å². The first-order valence-corrected chi connectivity index (χ1v) is 7.91. The van der Waals surface area contributed by atoms with Crippen LogP contribution in [0.3, 0.4) is 0 Å². The van der Waals surface area contributed by atoms with Gasteiger partial charge in [0.25, 0.3) is 0 Å². The van der Waals surface area contributed by atoms with E-state index in [1.807, 2.05) is 0 Å². The molecule has 1 aliphatic rings. The maximum atomic E-state index is 12.1. The van der Waals surface area contributed by atoms with Crippen molar-refractivity contribution in [2.24, 2.45) is 7.05 Å². The van der Waals surface area contributed by atoms with Crippen molar-refractivity contribution in [3.8, 4) is 0 Å². The van der Waals surface area contributed by atoms with Gasteiger partial charge in [-0.25, -0.2) is 17.9 Å². The van der Waals surface area contributed by atoms with Crippen molar-refractivity contribution in [1.29, 1.82) is 0 Å². The van der Waals surface area contributed by atoms with Crippen molar-refractivity contribution in [1.82, 2.24) is 9.29 Å². The van der Waals surface area contributed by atoms with Crippen LogP contribution >= 0.6 is 0 Å². The van der Waals surface area contributed by atoms with Crippen molar-refractivity contribution in [2.45, 2.75) is 23.3 Å². The van der Waals surface area contributed by atoms with E-state index in [9.17, 15) is 18.3 Å². The highest BCUT2D eigenvalue weighted by Crippen LogP contribution is 2.21. The Labute approximate surface area is 122 Å². The number of aromatic nitrogens is 1. The number of aliphatic hydroxyl groups is 1. The minimum atomic E-state index is -3.87. The molecule has 0 aromatic carbocycles. The lowest BCUT2D eigenvalue weighted by molar-refractivity contribution is -0.0588. The van der Waals surface area contributed by atoms with Crippen LogP contribution in [0.25, 0.3) is 0 Å². The monoisotopic (exact) mass is 318 g/mol. The zero-order chi connectivity index (χ0) is 15.7. The Morgan fingerprint density at radius 2 is 2.10 bits per heavy atom. The molecule has 1 saturated heterocycles. The zero-order valence-electron chi connectivity index (χ0n) is 11.6. The van der Waals surface area contributed by atoms with E-state index < -0.39 is 21.6 Å². The summed E-state index contributed by atoms with van der Waals surface area (Å²) in [6.07, 6.45) is 1.93. The molecule has 0 bridgehead atoms. The van der Waals surface area contributed by atoms with Gasteiger partial charge < -0.3 is 19.5 Å². The van der Waals surface area contributed by atoms with Gasteiger partial charge in [-0.1, -0.05) is 0 Å². The fraction of sp³-hybridized carbons (Fsp3) is 0.583. The predicted octanol–water partition coefficient (Wildman–Crippen LogP) is -0.457. The summed E-state index contributed by atoms with van der Waals surface area (Å²) in [5.74, 6) is -1.21. The molecule has 1 aromatic heterocycles. The van der Waals surface area contributed by atoms with Crippen LogP contribution in [0.2, 0.25) is 0 Å². The number of aryl methyl sites for hydroxylation is 1. The van der Waals surface area contributed by atoms with Crippen LogP contribution in [-0.2, 0) is 21.8 Å². The third kappa shape index (κ3) is 3.62. The molecule has 0 amide bonds. The molecule has 0 spiro atoms. The molecule has 8 nitrogen and oxygen atoms in total. The summed E-state index contributed by atoms with van der Waals surface area (Å²) in [7, 11) is -2.42. The van der Waals surface area contributed by atoms with Crippen LogP contribution in [0.5, 0.6) is 0 Å². The van der Waals surface area contributed by atoms with Gasteiger partial charge in [-0.05, 0) is 6.07 Å². The Balaban J connectivity index is 2.11. The van der Waals surface area contributed by atoms with Crippen molar-refractivity contribution in [3.63, 3.8) is 0 Å². The van der Waals surface area contributed by atoms with Crippen LogP contribution in [0.1, 0.15) is 23.3 Å². The van der Waals surface area contributed by atoms with Crippen LogP contribution in [0.15, 0.2) is 17.2 Å². The van der Waals surface area contributed by atoms with Gasteiger partial charge in [0.2, 0.25) is 10.0 Å². The van der Waals surface area contributed by atoms with Gasteiger partial charge in [-0.3, -0.25) is 0 Å². The third-order valence-corrected chi connectivity index (χ3v) is 4.89. The van der Waals surface area contributed by atoms with Crippen molar-refractivity contribution in [2.75, 3.05) is 19.8 Å². The Morgan fingerprint density at radius 3 is 2.62 bits per heavy atom. The molecule has 21 heavy (non-hydrogen) atoms. The number of carbonyl (C=O) groups is 1. The molecule has 1 fully saturated rings. The maximum absolute atomic E-state index is 12.1. The van der Waals surface area contributed by atoms with Crippen molar-refractivity contribution >= 4 is 16.0 Å². The van der Waals surface area contributed by atoms with E-state index in [4.69, 9.17) is 9.84 Å². The first-order chi connectivity index (χ1) is 9.73. The number of hydrogen-bond acceptors (Lipinski definition) is 5. The molecule has 118 valence electrons. The molecule has 0 unspecified atom stereocenters. The summed E-state index contributed by atoms with van der Waals surface area (Å²) in [6.45, 7) is 0.634. The Morgan fingerprint density at radius 1 is 1.48 bits per heavy atom. The smallest absolute Gasteiger partial charge is 0.352 e. The average Bonchev–Trinajstić information content (AvgIpc) is 2.81. The summed E-state index contributed by atoms with van der Waals surface area (Å²) in [5.41, 5.74) is -1.25. The van der Waals surface area contributed by atoms with Gasteiger partial charge in [0.05, 0.1) is 5.60 Å². The Kier molecular flexibility index (Phi) is 4.38. The van der Waals surface area contributed by atoms with Crippen LogP contribution in [-0.4, -0.2) is 54.5 Å². The molecule has 1 aromatic rings. The second-order valence-electron chi connectivity index (χ2n) is 5.14. The molecule has 0 saturated carbocycles. The lowest BCUT2D eigenvalue weighted by Crippen LogP contribution is -2.46. The van der Waals surface area contributed by atoms with E-state index in [1.54, 1.807) is 0 Å². The van der Waals surface area contributed by atoms with Crippen molar-refractivity contribution in [3.05, 3.63) is 18.0 Å². The highest BCUT2D eigenvalue weighted by Gasteiger charge is 2.32. The van der Waals surface area contributed by atoms with Gasteiger partial charge in [0, 0.05) is 45.8 Å². The highest BCUT2D eigenvalue weighted by atomic mass is 32.2. The molecule has 2 rings (SSSR count). The summed E-state index contributed by atoms with van der Waals surface area (Å²) in [5, 5.41) is 19.2. The summed E-state index contributed by atoms with van der Waals surface area (Å²) in [4.78, 5) is 10.8. The lowest BCUT2D eigenvalue weighted by atomic mass is 9.95. The van der Waals surface area contributed by atoms with Crippen LogP contribution in [0.4, 0.5) is 0 Å². The van der Waals surface area contributed by atoms with E-state index >= 15 is 0 Å². The molecule has 3 N–H and O–H groups in total.